The smallest absolute Gasteiger partial charge is 0.283 e. The van der Waals surface area contributed by atoms with E-state index in [1.54, 1.807) is 47.8 Å². The van der Waals surface area contributed by atoms with Gasteiger partial charge in [-0.05, 0) is 47.8 Å². The summed E-state index contributed by atoms with van der Waals surface area (Å²) < 4.78 is 3.90. The van der Waals surface area contributed by atoms with Crippen molar-refractivity contribution < 1.29 is 4.92 Å². The number of fused-ring (bicyclic) bond motifs is 1. The molecule has 0 fully saturated rings. The summed E-state index contributed by atoms with van der Waals surface area (Å²) in [5, 5.41) is 12.2. The molecule has 2 aromatic carbocycles. The van der Waals surface area contributed by atoms with E-state index in [1.165, 1.54) is 17.8 Å². The fourth-order valence-electron chi connectivity index (χ4n) is 2.60. The van der Waals surface area contributed by atoms with Gasteiger partial charge >= 0.3 is 0 Å². The molecule has 0 aliphatic heterocycles. The Morgan fingerprint density at radius 3 is 2.86 bits per heavy atom. The maximum Gasteiger partial charge on any atom is 0.283 e. The van der Waals surface area contributed by atoms with Crippen LogP contribution in [0.3, 0.4) is 0 Å². The molecule has 0 spiro atoms. The van der Waals surface area contributed by atoms with E-state index in [4.69, 9.17) is 0 Å². The number of hydrogen-bond acceptors (Lipinski definition) is 8. The standard InChI is InChI=1S/C19H15N5O2S3/c1-23-8-7-20-18(23)28-16-6-3-12(9-15(16)24(25)26)11-21-13-4-5-14-17(10-13)29-19(22-14)27-2/h3-11H,1-2H3. The van der Waals surface area contributed by atoms with Crippen LogP contribution in [0.4, 0.5) is 11.4 Å². The number of thioether (sulfide) groups is 1. The first-order valence-electron chi connectivity index (χ1n) is 8.46. The fourth-order valence-corrected chi connectivity index (χ4v) is 5.01. The lowest BCUT2D eigenvalue weighted by molar-refractivity contribution is -0.387. The molecule has 2 aromatic heterocycles. The minimum absolute atomic E-state index is 0.0319. The van der Waals surface area contributed by atoms with Crippen molar-refractivity contribution in [1.82, 2.24) is 14.5 Å². The van der Waals surface area contributed by atoms with Crippen LogP contribution in [0.2, 0.25) is 0 Å². The summed E-state index contributed by atoms with van der Waals surface area (Å²) in [4.78, 5) is 24.9. The van der Waals surface area contributed by atoms with Crippen molar-refractivity contribution in [2.24, 2.45) is 12.0 Å². The van der Waals surface area contributed by atoms with Gasteiger partial charge in [0.25, 0.3) is 5.69 Å². The van der Waals surface area contributed by atoms with Crippen LogP contribution in [0, 0.1) is 10.1 Å². The Morgan fingerprint density at radius 2 is 2.14 bits per heavy atom. The minimum atomic E-state index is -0.379. The van der Waals surface area contributed by atoms with Crippen LogP contribution < -0.4 is 0 Å². The van der Waals surface area contributed by atoms with Crippen molar-refractivity contribution in [3.05, 3.63) is 64.5 Å². The number of thiazole rings is 1. The minimum Gasteiger partial charge on any atom is -0.329 e. The molecule has 4 rings (SSSR count). The Bertz CT molecular complexity index is 1230. The summed E-state index contributed by atoms with van der Waals surface area (Å²) in [6.07, 6.45) is 7.11. The van der Waals surface area contributed by atoms with Crippen LogP contribution in [-0.4, -0.2) is 31.9 Å². The van der Waals surface area contributed by atoms with Crippen molar-refractivity contribution in [3.8, 4) is 0 Å². The second-order valence-corrected chi connectivity index (χ2v) is 9.09. The maximum absolute atomic E-state index is 11.6. The Morgan fingerprint density at radius 1 is 1.28 bits per heavy atom. The van der Waals surface area contributed by atoms with E-state index in [0.29, 0.717) is 15.6 Å². The van der Waals surface area contributed by atoms with E-state index < -0.39 is 0 Å². The topological polar surface area (TPSA) is 86.2 Å². The molecule has 0 atom stereocenters. The number of nitrogens with zero attached hydrogens (tertiary/aromatic N) is 5. The Balaban J connectivity index is 1.60. The van der Waals surface area contributed by atoms with Gasteiger partial charge in [0, 0.05) is 31.7 Å². The largest absolute Gasteiger partial charge is 0.329 e. The third-order valence-corrected chi connectivity index (χ3v) is 7.19. The Hall–Kier alpha value is -2.69. The average molecular weight is 442 g/mol. The first-order chi connectivity index (χ1) is 14.0. The van der Waals surface area contributed by atoms with Gasteiger partial charge in [-0.1, -0.05) is 17.8 Å². The quantitative estimate of drug-likeness (QED) is 0.168. The highest BCUT2D eigenvalue weighted by atomic mass is 32.2. The molecule has 0 bridgehead atoms. The molecular formula is C19H15N5O2S3. The summed E-state index contributed by atoms with van der Waals surface area (Å²) in [5.41, 5.74) is 2.42. The highest BCUT2D eigenvalue weighted by Gasteiger charge is 2.17. The third-order valence-electron chi connectivity index (χ3n) is 4.05. The van der Waals surface area contributed by atoms with Crippen molar-refractivity contribution >= 4 is 62.7 Å². The van der Waals surface area contributed by atoms with Gasteiger partial charge in [0.15, 0.2) is 9.50 Å². The van der Waals surface area contributed by atoms with Crippen LogP contribution in [0.1, 0.15) is 5.56 Å². The third kappa shape index (κ3) is 4.34. The molecule has 0 saturated heterocycles. The molecule has 0 unspecified atom stereocenters. The number of aryl methyl sites for hydroxylation is 1. The lowest BCUT2D eigenvalue weighted by atomic mass is 10.2. The number of benzene rings is 2. The van der Waals surface area contributed by atoms with Crippen LogP contribution >= 0.6 is 34.9 Å². The first kappa shape index (κ1) is 19.6. The maximum atomic E-state index is 11.6. The van der Waals surface area contributed by atoms with Gasteiger partial charge in [0.2, 0.25) is 0 Å². The Kier molecular flexibility index (Phi) is 5.65. The van der Waals surface area contributed by atoms with Gasteiger partial charge in [-0.3, -0.25) is 15.1 Å². The van der Waals surface area contributed by atoms with Gasteiger partial charge in [-0.2, -0.15) is 0 Å². The SMILES string of the molecule is CSc1nc2ccc(N=Cc3ccc(Sc4nccn4C)c([N+](=O)[O-])c3)cc2s1. The molecule has 2 heterocycles. The number of aliphatic imine (C=N–C) groups is 1. The molecular weight excluding hydrogens is 426 g/mol. The van der Waals surface area contributed by atoms with Crippen molar-refractivity contribution in [2.45, 2.75) is 14.4 Å². The normalized spacial score (nSPS) is 11.5. The highest BCUT2D eigenvalue weighted by Crippen LogP contribution is 2.34. The average Bonchev–Trinajstić information content (AvgIpc) is 3.32. The number of hydrogen-bond donors (Lipinski definition) is 0. The predicted molar refractivity (Wildman–Crippen MR) is 119 cm³/mol. The second kappa shape index (κ2) is 8.36. The van der Waals surface area contributed by atoms with E-state index in [1.807, 2.05) is 42.1 Å². The van der Waals surface area contributed by atoms with Crippen LogP contribution in [0.15, 0.2) is 68.2 Å². The molecule has 4 aromatic rings. The summed E-state index contributed by atoms with van der Waals surface area (Å²) in [5.74, 6) is 0. The molecule has 0 amide bonds. The zero-order valence-electron chi connectivity index (χ0n) is 15.5. The molecule has 0 aliphatic rings. The molecule has 29 heavy (non-hydrogen) atoms. The van der Waals surface area contributed by atoms with Gasteiger partial charge < -0.3 is 4.57 Å². The monoisotopic (exact) mass is 441 g/mol. The van der Waals surface area contributed by atoms with Crippen molar-refractivity contribution in [2.75, 3.05) is 6.26 Å². The van der Waals surface area contributed by atoms with Crippen LogP contribution in [0.5, 0.6) is 0 Å². The van der Waals surface area contributed by atoms with Crippen LogP contribution in [0.25, 0.3) is 10.2 Å². The van der Waals surface area contributed by atoms with Crippen LogP contribution in [-0.2, 0) is 7.05 Å². The number of aromatic nitrogens is 3. The van der Waals surface area contributed by atoms with Gasteiger partial charge in [0.05, 0.1) is 25.7 Å². The van der Waals surface area contributed by atoms with Crippen molar-refractivity contribution in [1.29, 1.82) is 0 Å². The number of rotatable bonds is 6. The molecule has 7 nitrogen and oxygen atoms in total. The molecule has 10 heteroatoms. The lowest BCUT2D eigenvalue weighted by Gasteiger charge is -2.04. The summed E-state index contributed by atoms with van der Waals surface area (Å²) in [6, 6.07) is 10.9. The zero-order chi connectivity index (χ0) is 20.4. The molecule has 0 aliphatic carbocycles. The van der Waals surface area contributed by atoms with Gasteiger partial charge in [-0.15, -0.1) is 11.3 Å². The fraction of sp³-hybridized carbons (Fsp3) is 0.105. The molecule has 0 saturated carbocycles. The second-order valence-electron chi connectivity index (χ2n) is 6.00. The van der Waals surface area contributed by atoms with E-state index in [2.05, 4.69) is 15.0 Å². The summed E-state index contributed by atoms with van der Waals surface area (Å²) in [6.45, 7) is 0. The van der Waals surface area contributed by atoms with E-state index in [9.17, 15) is 10.1 Å². The Labute approximate surface area is 179 Å². The zero-order valence-corrected chi connectivity index (χ0v) is 17.9. The number of imidazole rings is 1. The molecule has 0 radical (unpaired) electrons. The van der Waals surface area contributed by atoms with Crippen molar-refractivity contribution in [3.63, 3.8) is 0 Å². The van der Waals surface area contributed by atoms with E-state index in [-0.39, 0.29) is 10.6 Å². The van der Waals surface area contributed by atoms with Gasteiger partial charge in [0.1, 0.15) is 0 Å². The lowest BCUT2D eigenvalue weighted by Crippen LogP contribution is -1.95. The van der Waals surface area contributed by atoms with E-state index in [0.717, 1.165) is 20.2 Å². The molecule has 146 valence electrons. The summed E-state index contributed by atoms with van der Waals surface area (Å²) >= 11 is 4.50. The predicted octanol–water partition coefficient (Wildman–Crippen LogP) is 5.56. The molecule has 0 N–H and O–H groups in total. The highest BCUT2D eigenvalue weighted by molar-refractivity contribution is 8.00. The summed E-state index contributed by atoms with van der Waals surface area (Å²) in [7, 11) is 1.85. The van der Waals surface area contributed by atoms with Gasteiger partial charge in [-0.25, -0.2) is 9.97 Å². The first-order valence-corrected chi connectivity index (χ1v) is 11.3. The number of nitro benzene ring substituents is 1. The number of nitro groups is 1. The van der Waals surface area contributed by atoms with E-state index >= 15 is 0 Å².